The molecule has 0 aliphatic carbocycles. The highest BCUT2D eigenvalue weighted by molar-refractivity contribution is 9.10. The van der Waals surface area contributed by atoms with E-state index in [1.165, 1.54) is 29.4 Å². The molecule has 2 rings (SSSR count). The smallest absolute Gasteiger partial charge is 0.0589 e. The van der Waals surface area contributed by atoms with Crippen LogP contribution in [0.5, 0.6) is 0 Å². The Morgan fingerprint density at radius 1 is 1.50 bits per heavy atom. The molecule has 0 aromatic heterocycles. The minimum absolute atomic E-state index is 0.577. The number of ether oxygens (including phenoxy) is 1. The molecule has 1 aliphatic rings. The molecule has 0 amide bonds. The number of likely N-dealkylation sites (tertiary alicyclic amines) is 1. The number of benzene rings is 1. The minimum atomic E-state index is 0.577. The molecule has 1 fully saturated rings. The predicted octanol–water partition coefficient (Wildman–Crippen LogP) is 3.23. The zero-order chi connectivity index (χ0) is 11.4. The van der Waals surface area contributed by atoms with Gasteiger partial charge < -0.3 is 4.74 Å². The largest absolute Gasteiger partial charge is 0.383 e. The van der Waals surface area contributed by atoms with Crippen LogP contribution in [0.1, 0.15) is 24.4 Å². The molecule has 0 saturated carbocycles. The van der Waals surface area contributed by atoms with E-state index in [4.69, 9.17) is 4.74 Å². The third-order valence-electron chi connectivity index (χ3n) is 3.18. The predicted molar refractivity (Wildman–Crippen MR) is 69.6 cm³/mol. The van der Waals surface area contributed by atoms with Crippen molar-refractivity contribution in [2.24, 2.45) is 0 Å². The molecule has 1 unspecified atom stereocenters. The fourth-order valence-electron chi connectivity index (χ4n) is 2.39. The van der Waals surface area contributed by atoms with Crippen LogP contribution >= 0.6 is 15.9 Å². The van der Waals surface area contributed by atoms with Crippen molar-refractivity contribution < 1.29 is 4.74 Å². The van der Waals surface area contributed by atoms with Gasteiger partial charge in [-0.05, 0) is 37.1 Å². The molecule has 1 atom stereocenters. The lowest BCUT2D eigenvalue weighted by molar-refractivity contribution is 0.141. The van der Waals surface area contributed by atoms with Gasteiger partial charge >= 0.3 is 0 Å². The lowest BCUT2D eigenvalue weighted by atomic mass is 10.0. The van der Waals surface area contributed by atoms with E-state index in [1.54, 1.807) is 7.11 Å². The monoisotopic (exact) mass is 283 g/mol. The zero-order valence-corrected chi connectivity index (χ0v) is 11.2. The SMILES string of the molecule is COCCN1CCCC1c1cccc(Br)c1. The lowest BCUT2D eigenvalue weighted by Gasteiger charge is -2.24. The summed E-state index contributed by atoms with van der Waals surface area (Å²) in [5.41, 5.74) is 1.42. The number of nitrogens with zero attached hydrogens (tertiary/aromatic N) is 1. The van der Waals surface area contributed by atoms with Crippen molar-refractivity contribution in [3.8, 4) is 0 Å². The molecule has 1 aromatic rings. The first-order valence-electron chi connectivity index (χ1n) is 5.79. The summed E-state index contributed by atoms with van der Waals surface area (Å²) < 4.78 is 6.33. The standard InChI is InChI=1S/C13H18BrNO/c1-16-9-8-15-7-3-6-13(15)11-4-2-5-12(14)10-11/h2,4-5,10,13H,3,6-9H2,1H3. The molecule has 88 valence electrons. The van der Waals surface area contributed by atoms with E-state index in [-0.39, 0.29) is 0 Å². The summed E-state index contributed by atoms with van der Waals surface area (Å²) in [7, 11) is 1.77. The van der Waals surface area contributed by atoms with Crippen molar-refractivity contribution in [3.63, 3.8) is 0 Å². The summed E-state index contributed by atoms with van der Waals surface area (Å²) in [6, 6.07) is 9.23. The Hall–Kier alpha value is -0.380. The second-order valence-electron chi connectivity index (χ2n) is 4.24. The van der Waals surface area contributed by atoms with E-state index in [2.05, 4.69) is 45.1 Å². The maximum atomic E-state index is 5.16. The van der Waals surface area contributed by atoms with E-state index < -0.39 is 0 Å². The molecular formula is C13H18BrNO. The average molecular weight is 284 g/mol. The van der Waals surface area contributed by atoms with Crippen LogP contribution in [0.2, 0.25) is 0 Å². The Labute approximate surface area is 106 Å². The Morgan fingerprint density at radius 3 is 3.12 bits per heavy atom. The number of halogens is 1. The minimum Gasteiger partial charge on any atom is -0.383 e. The van der Waals surface area contributed by atoms with E-state index in [1.807, 2.05) is 0 Å². The van der Waals surface area contributed by atoms with Crippen molar-refractivity contribution in [2.75, 3.05) is 26.8 Å². The van der Waals surface area contributed by atoms with Gasteiger partial charge in [0.15, 0.2) is 0 Å². The molecule has 0 radical (unpaired) electrons. The highest BCUT2D eigenvalue weighted by atomic mass is 79.9. The third-order valence-corrected chi connectivity index (χ3v) is 3.67. The van der Waals surface area contributed by atoms with Gasteiger partial charge in [0.25, 0.3) is 0 Å². The quantitative estimate of drug-likeness (QED) is 0.841. The molecule has 3 heteroatoms. The van der Waals surface area contributed by atoms with Gasteiger partial charge in [-0.25, -0.2) is 0 Å². The number of methoxy groups -OCH3 is 1. The van der Waals surface area contributed by atoms with Crippen LogP contribution in [0, 0.1) is 0 Å². The van der Waals surface area contributed by atoms with Crippen LogP contribution in [0.25, 0.3) is 0 Å². The van der Waals surface area contributed by atoms with E-state index in [9.17, 15) is 0 Å². The molecule has 2 nitrogen and oxygen atoms in total. The van der Waals surface area contributed by atoms with Crippen LogP contribution in [0.3, 0.4) is 0 Å². The first-order valence-corrected chi connectivity index (χ1v) is 6.59. The Morgan fingerprint density at radius 2 is 2.38 bits per heavy atom. The normalized spacial score (nSPS) is 21.5. The fourth-order valence-corrected chi connectivity index (χ4v) is 2.81. The van der Waals surface area contributed by atoms with Crippen LogP contribution in [0.4, 0.5) is 0 Å². The highest BCUT2D eigenvalue weighted by Crippen LogP contribution is 2.32. The molecule has 1 heterocycles. The van der Waals surface area contributed by atoms with Gasteiger partial charge in [0, 0.05) is 24.2 Å². The second-order valence-corrected chi connectivity index (χ2v) is 5.16. The van der Waals surface area contributed by atoms with Gasteiger partial charge in [-0.1, -0.05) is 28.1 Å². The van der Waals surface area contributed by atoms with E-state index >= 15 is 0 Å². The second kappa shape index (κ2) is 5.80. The van der Waals surface area contributed by atoms with Crippen LogP contribution in [-0.4, -0.2) is 31.7 Å². The molecule has 0 spiro atoms. The number of hydrogen-bond acceptors (Lipinski definition) is 2. The average Bonchev–Trinajstić information content (AvgIpc) is 2.74. The Balaban J connectivity index is 2.07. The van der Waals surface area contributed by atoms with E-state index in [0.29, 0.717) is 6.04 Å². The van der Waals surface area contributed by atoms with Gasteiger partial charge in [0.2, 0.25) is 0 Å². The van der Waals surface area contributed by atoms with Crippen molar-refractivity contribution >= 4 is 15.9 Å². The maximum absolute atomic E-state index is 5.16. The number of hydrogen-bond donors (Lipinski definition) is 0. The van der Waals surface area contributed by atoms with Gasteiger partial charge in [-0.3, -0.25) is 4.90 Å². The Bertz CT molecular complexity index is 342. The fraction of sp³-hybridized carbons (Fsp3) is 0.538. The van der Waals surface area contributed by atoms with Crippen molar-refractivity contribution in [1.29, 1.82) is 0 Å². The van der Waals surface area contributed by atoms with Gasteiger partial charge in [-0.15, -0.1) is 0 Å². The Kier molecular flexibility index (Phi) is 4.38. The molecule has 1 aliphatic heterocycles. The zero-order valence-electron chi connectivity index (χ0n) is 9.66. The highest BCUT2D eigenvalue weighted by Gasteiger charge is 2.25. The maximum Gasteiger partial charge on any atom is 0.0589 e. The third kappa shape index (κ3) is 2.84. The van der Waals surface area contributed by atoms with Gasteiger partial charge in [0.1, 0.15) is 0 Å². The summed E-state index contributed by atoms with van der Waals surface area (Å²) in [5.74, 6) is 0. The molecule has 1 aromatic carbocycles. The molecule has 16 heavy (non-hydrogen) atoms. The molecular weight excluding hydrogens is 266 g/mol. The summed E-state index contributed by atoms with van der Waals surface area (Å²) >= 11 is 3.54. The van der Waals surface area contributed by atoms with Gasteiger partial charge in [0.05, 0.1) is 6.61 Å². The van der Waals surface area contributed by atoms with E-state index in [0.717, 1.165) is 13.2 Å². The summed E-state index contributed by atoms with van der Waals surface area (Å²) in [6.45, 7) is 3.05. The van der Waals surface area contributed by atoms with Crippen molar-refractivity contribution in [2.45, 2.75) is 18.9 Å². The summed E-state index contributed by atoms with van der Waals surface area (Å²) in [4.78, 5) is 2.52. The topological polar surface area (TPSA) is 12.5 Å². The molecule has 0 N–H and O–H groups in total. The van der Waals surface area contributed by atoms with Crippen LogP contribution in [0.15, 0.2) is 28.7 Å². The summed E-state index contributed by atoms with van der Waals surface area (Å²) in [6.07, 6.45) is 2.56. The van der Waals surface area contributed by atoms with Crippen LogP contribution in [-0.2, 0) is 4.74 Å². The molecule has 1 saturated heterocycles. The lowest BCUT2D eigenvalue weighted by Crippen LogP contribution is -2.26. The van der Waals surface area contributed by atoms with Crippen molar-refractivity contribution in [3.05, 3.63) is 34.3 Å². The van der Waals surface area contributed by atoms with Crippen LogP contribution < -0.4 is 0 Å². The summed E-state index contributed by atoms with van der Waals surface area (Å²) in [5, 5.41) is 0. The number of rotatable bonds is 4. The van der Waals surface area contributed by atoms with Crippen molar-refractivity contribution in [1.82, 2.24) is 4.90 Å². The first kappa shape index (κ1) is 12.1. The van der Waals surface area contributed by atoms with Gasteiger partial charge in [-0.2, -0.15) is 0 Å². The first-order chi connectivity index (χ1) is 7.81. The molecule has 0 bridgehead atoms.